The van der Waals surface area contributed by atoms with E-state index in [2.05, 4.69) is 42.6 Å². The zero-order valence-electron chi connectivity index (χ0n) is 10.7. The summed E-state index contributed by atoms with van der Waals surface area (Å²) in [5.41, 5.74) is 4.53. The Kier molecular flexibility index (Phi) is 3.78. The van der Waals surface area contributed by atoms with Crippen molar-refractivity contribution in [1.29, 1.82) is 0 Å². The lowest BCUT2D eigenvalue weighted by Crippen LogP contribution is -2.05. The number of rotatable bonds is 2. The number of amides is 1. The van der Waals surface area contributed by atoms with Gasteiger partial charge in [0.15, 0.2) is 0 Å². The highest BCUT2D eigenvalue weighted by molar-refractivity contribution is 5.89. The first-order valence-corrected chi connectivity index (χ1v) is 6.07. The van der Waals surface area contributed by atoms with E-state index in [-0.39, 0.29) is 5.91 Å². The molecule has 1 amide bonds. The van der Waals surface area contributed by atoms with Gasteiger partial charge in [-0.3, -0.25) is 4.79 Å². The molecule has 0 saturated carbocycles. The van der Waals surface area contributed by atoms with Crippen LogP contribution < -0.4 is 5.32 Å². The topological polar surface area (TPSA) is 29.1 Å². The summed E-state index contributed by atoms with van der Waals surface area (Å²) >= 11 is 0. The molecule has 2 heteroatoms. The van der Waals surface area contributed by atoms with Crippen molar-refractivity contribution in [1.82, 2.24) is 0 Å². The molecule has 1 aromatic carbocycles. The van der Waals surface area contributed by atoms with Crippen LogP contribution in [0, 0.1) is 0 Å². The fourth-order valence-corrected chi connectivity index (χ4v) is 1.94. The first-order chi connectivity index (χ1) is 8.65. The molecule has 0 saturated heterocycles. The van der Waals surface area contributed by atoms with Gasteiger partial charge in [-0.25, -0.2) is 0 Å². The van der Waals surface area contributed by atoms with Crippen LogP contribution in [0.1, 0.15) is 25.8 Å². The van der Waals surface area contributed by atoms with Crippen LogP contribution >= 0.6 is 0 Å². The molecule has 1 N–H and O–H groups in total. The zero-order valence-corrected chi connectivity index (χ0v) is 10.7. The fraction of sp³-hybridized carbons (Fsp3) is 0.188. The Balaban J connectivity index is 2.26. The molecule has 92 valence electrons. The number of hydrogen-bond acceptors (Lipinski definition) is 1. The summed E-state index contributed by atoms with van der Waals surface area (Å²) in [6.45, 7) is 3.62. The van der Waals surface area contributed by atoms with Crippen molar-refractivity contribution >= 4 is 17.2 Å². The highest BCUT2D eigenvalue weighted by Gasteiger charge is 2.03. The minimum atomic E-state index is -0.0439. The van der Waals surface area contributed by atoms with Crippen molar-refractivity contribution in [2.75, 3.05) is 5.32 Å². The summed E-state index contributed by atoms with van der Waals surface area (Å²) in [7, 11) is 0. The Labute approximate surface area is 108 Å². The Morgan fingerprint density at radius 2 is 2.17 bits per heavy atom. The molecule has 0 aromatic heterocycles. The van der Waals surface area contributed by atoms with E-state index < -0.39 is 0 Å². The second-order valence-electron chi connectivity index (χ2n) is 4.47. The molecular formula is C16H17NO. The summed E-state index contributed by atoms with van der Waals surface area (Å²) < 4.78 is 0. The minimum absolute atomic E-state index is 0.0439. The first-order valence-electron chi connectivity index (χ1n) is 6.07. The van der Waals surface area contributed by atoms with E-state index in [1.54, 1.807) is 0 Å². The van der Waals surface area contributed by atoms with Gasteiger partial charge in [0.2, 0.25) is 5.91 Å². The van der Waals surface area contributed by atoms with Gasteiger partial charge in [0, 0.05) is 12.6 Å². The van der Waals surface area contributed by atoms with Gasteiger partial charge in [0.05, 0.1) is 0 Å². The third-order valence-electron chi connectivity index (χ3n) is 2.85. The fourth-order valence-electron chi connectivity index (χ4n) is 1.94. The number of nitrogens with one attached hydrogen (secondary N) is 1. The summed E-state index contributed by atoms with van der Waals surface area (Å²) in [6.07, 6.45) is 9.42. The second-order valence-corrected chi connectivity index (χ2v) is 4.47. The molecule has 0 spiro atoms. The Morgan fingerprint density at radius 1 is 1.33 bits per heavy atom. The van der Waals surface area contributed by atoms with Crippen LogP contribution in [-0.4, -0.2) is 5.91 Å². The maximum absolute atomic E-state index is 11.1. The molecule has 0 fully saturated rings. The highest BCUT2D eigenvalue weighted by atomic mass is 16.1. The van der Waals surface area contributed by atoms with Crippen molar-refractivity contribution in [2.45, 2.75) is 20.3 Å². The number of carbonyl (C=O) groups excluding carboxylic acids is 1. The van der Waals surface area contributed by atoms with Gasteiger partial charge in [-0.05, 0) is 36.6 Å². The summed E-state index contributed by atoms with van der Waals surface area (Å²) in [6, 6.07) is 7.95. The first kappa shape index (κ1) is 12.4. The van der Waals surface area contributed by atoms with Gasteiger partial charge in [-0.15, -0.1) is 0 Å². The smallest absolute Gasteiger partial charge is 0.221 e. The number of carbonyl (C=O) groups is 1. The average Bonchev–Trinajstić information content (AvgIpc) is 2.53. The third-order valence-corrected chi connectivity index (χ3v) is 2.85. The van der Waals surface area contributed by atoms with E-state index >= 15 is 0 Å². The Bertz CT molecular complexity index is 547. The van der Waals surface area contributed by atoms with Crippen LogP contribution in [-0.2, 0) is 4.79 Å². The van der Waals surface area contributed by atoms with Crippen molar-refractivity contribution < 1.29 is 4.79 Å². The van der Waals surface area contributed by atoms with Crippen molar-refractivity contribution in [3.8, 4) is 0 Å². The Morgan fingerprint density at radius 3 is 2.94 bits per heavy atom. The quantitative estimate of drug-likeness (QED) is 0.832. The number of hydrogen-bond donors (Lipinski definition) is 1. The van der Waals surface area contributed by atoms with Crippen LogP contribution in [0.15, 0.2) is 54.1 Å². The predicted molar refractivity (Wildman–Crippen MR) is 76.2 cm³/mol. The van der Waals surface area contributed by atoms with E-state index in [1.807, 2.05) is 18.2 Å². The lowest BCUT2D eigenvalue weighted by molar-refractivity contribution is -0.114. The van der Waals surface area contributed by atoms with Crippen LogP contribution in [0.2, 0.25) is 0 Å². The standard InChI is InChI=1S/C16H17NO/c1-12-5-3-6-14(10-9-12)15-7-4-8-16(11-15)17-13(2)18/h3-9,11H,10H2,1-2H3,(H,17,18). The molecule has 0 unspecified atom stereocenters. The average molecular weight is 239 g/mol. The number of anilines is 1. The molecule has 2 rings (SSSR count). The van der Waals surface area contributed by atoms with Gasteiger partial charge in [-0.1, -0.05) is 42.0 Å². The molecule has 1 aromatic rings. The van der Waals surface area contributed by atoms with E-state index in [0.717, 1.165) is 17.7 Å². The van der Waals surface area contributed by atoms with Gasteiger partial charge in [-0.2, -0.15) is 0 Å². The molecule has 0 bridgehead atoms. The van der Waals surface area contributed by atoms with E-state index in [9.17, 15) is 4.79 Å². The van der Waals surface area contributed by atoms with Crippen LogP contribution in [0.3, 0.4) is 0 Å². The molecule has 0 atom stereocenters. The monoisotopic (exact) mass is 239 g/mol. The number of benzene rings is 1. The van der Waals surface area contributed by atoms with E-state index in [0.29, 0.717) is 0 Å². The normalized spacial score (nSPS) is 14.6. The Hall–Kier alpha value is -2.09. The molecule has 18 heavy (non-hydrogen) atoms. The molecule has 1 aliphatic carbocycles. The SMILES string of the molecule is CC(=O)Nc1cccc(C2=CC=CC(C)=CC2)c1. The lowest BCUT2D eigenvalue weighted by atomic mass is 10.0. The summed E-state index contributed by atoms with van der Waals surface area (Å²) in [5, 5.41) is 2.81. The largest absolute Gasteiger partial charge is 0.326 e. The van der Waals surface area contributed by atoms with Crippen molar-refractivity contribution in [3.63, 3.8) is 0 Å². The molecule has 0 aliphatic heterocycles. The molecular weight excluding hydrogens is 222 g/mol. The summed E-state index contributed by atoms with van der Waals surface area (Å²) in [4.78, 5) is 11.1. The molecule has 2 nitrogen and oxygen atoms in total. The minimum Gasteiger partial charge on any atom is -0.326 e. The van der Waals surface area contributed by atoms with Crippen LogP contribution in [0.5, 0.6) is 0 Å². The van der Waals surface area contributed by atoms with Gasteiger partial charge in [0.25, 0.3) is 0 Å². The van der Waals surface area contributed by atoms with Gasteiger partial charge in [0.1, 0.15) is 0 Å². The summed E-state index contributed by atoms with van der Waals surface area (Å²) in [5.74, 6) is -0.0439. The maximum atomic E-state index is 11.1. The van der Waals surface area contributed by atoms with Crippen LogP contribution in [0.25, 0.3) is 5.57 Å². The number of allylic oxidation sites excluding steroid dienone is 6. The van der Waals surface area contributed by atoms with Crippen molar-refractivity contribution in [3.05, 3.63) is 59.7 Å². The lowest BCUT2D eigenvalue weighted by Gasteiger charge is -2.07. The van der Waals surface area contributed by atoms with Crippen LogP contribution in [0.4, 0.5) is 5.69 Å². The molecule has 0 heterocycles. The van der Waals surface area contributed by atoms with Gasteiger partial charge >= 0.3 is 0 Å². The zero-order chi connectivity index (χ0) is 13.0. The second kappa shape index (κ2) is 5.50. The van der Waals surface area contributed by atoms with E-state index in [1.165, 1.54) is 18.1 Å². The van der Waals surface area contributed by atoms with Crippen molar-refractivity contribution in [2.24, 2.45) is 0 Å². The van der Waals surface area contributed by atoms with Gasteiger partial charge < -0.3 is 5.32 Å². The predicted octanol–water partition coefficient (Wildman–Crippen LogP) is 3.93. The highest BCUT2D eigenvalue weighted by Crippen LogP contribution is 2.24. The molecule has 0 radical (unpaired) electrons. The maximum Gasteiger partial charge on any atom is 0.221 e. The molecule has 1 aliphatic rings. The third kappa shape index (κ3) is 3.20. The van der Waals surface area contributed by atoms with E-state index in [4.69, 9.17) is 0 Å².